The third-order valence-electron chi connectivity index (χ3n) is 4.89. The molecule has 0 radical (unpaired) electrons. The molecule has 9 heteroatoms. The summed E-state index contributed by atoms with van der Waals surface area (Å²) in [7, 11) is -2.39. The molecule has 0 aliphatic carbocycles. The lowest BCUT2D eigenvalue weighted by Gasteiger charge is -2.19. The van der Waals surface area contributed by atoms with Crippen molar-refractivity contribution in [2.45, 2.75) is 4.90 Å². The Morgan fingerprint density at radius 1 is 0.909 bits per heavy atom. The highest BCUT2D eigenvalue weighted by atomic mass is 32.2. The van der Waals surface area contributed by atoms with Gasteiger partial charge in [0.05, 0.1) is 28.7 Å². The number of carbonyl (C=O) groups excluding carboxylic acids is 1. The van der Waals surface area contributed by atoms with Gasteiger partial charge in [0.15, 0.2) is 5.82 Å². The van der Waals surface area contributed by atoms with Gasteiger partial charge in [-0.05, 0) is 42.5 Å². The number of hydrogen-bond donors (Lipinski definition) is 2. The molecule has 166 valence electrons. The molecule has 4 aromatic rings. The normalized spacial score (nSPS) is 11.1. The van der Waals surface area contributed by atoms with Gasteiger partial charge in [-0.25, -0.2) is 18.4 Å². The van der Waals surface area contributed by atoms with Crippen LogP contribution < -0.4 is 9.62 Å². The molecule has 0 saturated carbocycles. The van der Waals surface area contributed by atoms with Gasteiger partial charge in [-0.3, -0.25) is 9.10 Å². The standard InChI is InChI=1S/C24H20N4O4S/c1-28(20-9-3-2-4-10-20)33(31,32)22-12-6-8-18(14-22)24(30)27-19-15-25-23(26-16-19)17-7-5-11-21(29)13-17/h2-16,29H,1H3,(H,27,30). The van der Waals surface area contributed by atoms with Crippen LogP contribution in [0.3, 0.4) is 0 Å². The van der Waals surface area contributed by atoms with Crippen LogP contribution in [0.4, 0.5) is 11.4 Å². The van der Waals surface area contributed by atoms with E-state index in [0.29, 0.717) is 22.8 Å². The molecule has 0 aliphatic rings. The monoisotopic (exact) mass is 460 g/mol. The van der Waals surface area contributed by atoms with Gasteiger partial charge in [-0.15, -0.1) is 0 Å². The van der Waals surface area contributed by atoms with Crippen molar-refractivity contribution < 1.29 is 18.3 Å². The van der Waals surface area contributed by atoms with E-state index in [-0.39, 0.29) is 16.2 Å². The number of nitrogens with one attached hydrogen (secondary N) is 1. The van der Waals surface area contributed by atoms with E-state index in [2.05, 4.69) is 15.3 Å². The molecule has 1 aromatic heterocycles. The first-order chi connectivity index (χ1) is 15.8. The molecule has 2 N–H and O–H groups in total. The van der Waals surface area contributed by atoms with Gasteiger partial charge >= 0.3 is 0 Å². The van der Waals surface area contributed by atoms with Crippen LogP contribution in [0.2, 0.25) is 0 Å². The molecule has 0 saturated heterocycles. The Hall–Kier alpha value is -4.24. The summed E-state index contributed by atoms with van der Waals surface area (Å²) in [5.74, 6) is -0.00900. The van der Waals surface area contributed by atoms with E-state index in [1.54, 1.807) is 48.5 Å². The van der Waals surface area contributed by atoms with E-state index in [0.717, 1.165) is 4.31 Å². The predicted molar refractivity (Wildman–Crippen MR) is 126 cm³/mol. The number of nitrogens with zero attached hydrogens (tertiary/aromatic N) is 3. The molecule has 1 heterocycles. The highest BCUT2D eigenvalue weighted by Crippen LogP contribution is 2.23. The Kier molecular flexibility index (Phi) is 6.05. The Labute approximate surface area is 191 Å². The van der Waals surface area contributed by atoms with E-state index < -0.39 is 15.9 Å². The molecular formula is C24H20N4O4S. The maximum absolute atomic E-state index is 13.0. The number of sulfonamides is 1. The third-order valence-corrected chi connectivity index (χ3v) is 6.67. The Bertz CT molecular complexity index is 1390. The van der Waals surface area contributed by atoms with Crippen LogP contribution in [0.15, 0.2) is 96.2 Å². The molecule has 1 amide bonds. The maximum atomic E-state index is 13.0. The summed E-state index contributed by atoms with van der Waals surface area (Å²) < 4.78 is 27.2. The lowest BCUT2D eigenvalue weighted by atomic mass is 10.2. The summed E-state index contributed by atoms with van der Waals surface area (Å²) in [5.41, 5.74) is 1.66. The largest absolute Gasteiger partial charge is 0.508 e. The van der Waals surface area contributed by atoms with Crippen molar-refractivity contribution in [3.05, 3.63) is 96.8 Å². The Morgan fingerprint density at radius 3 is 2.30 bits per heavy atom. The van der Waals surface area contributed by atoms with Crippen LogP contribution >= 0.6 is 0 Å². The average molecular weight is 461 g/mol. The second kappa shape index (κ2) is 9.09. The highest BCUT2D eigenvalue weighted by molar-refractivity contribution is 7.92. The van der Waals surface area contributed by atoms with Gasteiger partial charge in [0, 0.05) is 18.2 Å². The molecule has 0 aliphatic heterocycles. The number of hydrogen-bond acceptors (Lipinski definition) is 6. The maximum Gasteiger partial charge on any atom is 0.264 e. The zero-order valence-electron chi connectivity index (χ0n) is 17.6. The lowest BCUT2D eigenvalue weighted by molar-refractivity contribution is 0.102. The van der Waals surface area contributed by atoms with Crippen molar-refractivity contribution in [1.82, 2.24) is 9.97 Å². The SMILES string of the molecule is CN(c1ccccc1)S(=O)(=O)c1cccc(C(=O)Nc2cnc(-c3cccc(O)c3)nc2)c1. The fourth-order valence-corrected chi connectivity index (χ4v) is 4.36. The molecule has 8 nitrogen and oxygen atoms in total. The summed E-state index contributed by atoms with van der Waals surface area (Å²) >= 11 is 0. The minimum absolute atomic E-state index is 0.00279. The molecule has 33 heavy (non-hydrogen) atoms. The number of amides is 1. The van der Waals surface area contributed by atoms with Crippen LogP contribution in [-0.4, -0.2) is 36.4 Å². The average Bonchev–Trinajstić information content (AvgIpc) is 2.84. The van der Waals surface area contributed by atoms with Crippen LogP contribution in [-0.2, 0) is 10.0 Å². The van der Waals surface area contributed by atoms with Crippen LogP contribution in [0, 0.1) is 0 Å². The number of benzene rings is 3. The van der Waals surface area contributed by atoms with Gasteiger partial charge in [-0.2, -0.15) is 0 Å². The molecule has 0 bridgehead atoms. The Balaban J connectivity index is 1.52. The molecule has 0 unspecified atom stereocenters. The van der Waals surface area contributed by atoms with Crippen LogP contribution in [0.5, 0.6) is 5.75 Å². The van der Waals surface area contributed by atoms with Gasteiger partial charge in [0.1, 0.15) is 5.75 Å². The summed E-state index contributed by atoms with van der Waals surface area (Å²) in [4.78, 5) is 21.1. The minimum atomic E-state index is -3.85. The van der Waals surface area contributed by atoms with Crippen molar-refractivity contribution in [2.24, 2.45) is 0 Å². The lowest BCUT2D eigenvalue weighted by Crippen LogP contribution is -2.26. The molecular weight excluding hydrogens is 440 g/mol. The van der Waals surface area contributed by atoms with Gasteiger partial charge in [0.2, 0.25) is 0 Å². The van der Waals surface area contributed by atoms with Crippen molar-refractivity contribution in [1.29, 1.82) is 0 Å². The second-order valence-corrected chi connectivity index (χ2v) is 9.10. The minimum Gasteiger partial charge on any atom is -0.508 e. The smallest absolute Gasteiger partial charge is 0.264 e. The van der Waals surface area contributed by atoms with Crippen molar-refractivity contribution in [3.8, 4) is 17.1 Å². The van der Waals surface area contributed by atoms with E-state index in [1.165, 1.54) is 49.8 Å². The van der Waals surface area contributed by atoms with Crippen molar-refractivity contribution in [3.63, 3.8) is 0 Å². The molecule has 3 aromatic carbocycles. The topological polar surface area (TPSA) is 112 Å². The predicted octanol–water partition coefficient (Wildman–Crippen LogP) is 3.93. The highest BCUT2D eigenvalue weighted by Gasteiger charge is 2.22. The van der Waals surface area contributed by atoms with E-state index in [1.807, 2.05) is 0 Å². The quantitative estimate of drug-likeness (QED) is 0.451. The molecule has 0 atom stereocenters. The zero-order chi connectivity index (χ0) is 23.4. The summed E-state index contributed by atoms with van der Waals surface area (Å²) in [5, 5.41) is 12.3. The van der Waals surface area contributed by atoms with Gasteiger partial charge in [-0.1, -0.05) is 36.4 Å². The number of carbonyl (C=O) groups is 1. The fourth-order valence-electron chi connectivity index (χ4n) is 3.12. The van der Waals surface area contributed by atoms with Crippen LogP contribution in [0.1, 0.15) is 10.4 Å². The van der Waals surface area contributed by atoms with Gasteiger partial charge < -0.3 is 10.4 Å². The fraction of sp³-hybridized carbons (Fsp3) is 0.0417. The second-order valence-electron chi connectivity index (χ2n) is 7.14. The number of phenols is 1. The first-order valence-corrected chi connectivity index (χ1v) is 11.4. The number of anilines is 2. The van der Waals surface area contributed by atoms with Crippen molar-refractivity contribution in [2.75, 3.05) is 16.7 Å². The van der Waals surface area contributed by atoms with Crippen LogP contribution in [0.25, 0.3) is 11.4 Å². The number of aromatic nitrogens is 2. The summed E-state index contributed by atoms with van der Waals surface area (Å²) in [6.45, 7) is 0. The molecule has 4 rings (SSSR count). The van der Waals surface area contributed by atoms with E-state index in [9.17, 15) is 18.3 Å². The van der Waals surface area contributed by atoms with E-state index in [4.69, 9.17) is 0 Å². The first kappa shape index (κ1) is 22.0. The van der Waals surface area contributed by atoms with Gasteiger partial charge in [0.25, 0.3) is 15.9 Å². The number of para-hydroxylation sites is 1. The number of aromatic hydroxyl groups is 1. The molecule has 0 fully saturated rings. The first-order valence-electron chi connectivity index (χ1n) is 9.91. The number of phenolic OH excluding ortho intramolecular Hbond substituents is 1. The third kappa shape index (κ3) is 4.83. The van der Waals surface area contributed by atoms with E-state index >= 15 is 0 Å². The summed E-state index contributed by atoms with van der Waals surface area (Å²) in [6, 6.07) is 21.0. The zero-order valence-corrected chi connectivity index (χ0v) is 18.4. The number of rotatable bonds is 6. The summed E-state index contributed by atoms with van der Waals surface area (Å²) in [6.07, 6.45) is 2.88. The van der Waals surface area contributed by atoms with Crippen molar-refractivity contribution >= 4 is 27.3 Å². The molecule has 0 spiro atoms. The Morgan fingerprint density at radius 2 is 1.61 bits per heavy atom.